The van der Waals surface area contributed by atoms with E-state index in [2.05, 4.69) is 103 Å². The topological polar surface area (TPSA) is 72.0 Å². The Morgan fingerprint density at radius 3 is 2.32 bits per heavy atom. The molecule has 3 rings (SSSR count). The van der Waals surface area contributed by atoms with Crippen LogP contribution in [0.3, 0.4) is 0 Å². The zero-order chi connectivity index (χ0) is 37.8. The molecule has 272 valence electrons. The summed E-state index contributed by atoms with van der Waals surface area (Å²) in [7, 11) is 3.97. The van der Waals surface area contributed by atoms with Crippen molar-refractivity contribution in [1.82, 2.24) is 20.9 Å². The highest BCUT2D eigenvalue weighted by Crippen LogP contribution is 2.33. The number of hydrogen-bond donors (Lipinski definition) is 3. The smallest absolute Gasteiger partial charge is 0.125 e. The zero-order valence-electron chi connectivity index (χ0n) is 32.1. The molecule has 1 heterocycles. The first-order valence-electron chi connectivity index (χ1n) is 17.7. The number of anilines is 1. The van der Waals surface area contributed by atoms with E-state index in [4.69, 9.17) is 0 Å². The molecule has 0 saturated heterocycles. The maximum absolute atomic E-state index is 11.1. The average Bonchev–Trinajstić information content (AvgIpc) is 3.52. The van der Waals surface area contributed by atoms with Gasteiger partial charge in [0.15, 0.2) is 0 Å². The number of allylic oxidation sites excluding steroid dienone is 4. The second kappa shape index (κ2) is 22.8. The van der Waals surface area contributed by atoms with Crippen molar-refractivity contribution in [3.8, 4) is 0 Å². The van der Waals surface area contributed by atoms with Gasteiger partial charge in [0.25, 0.3) is 0 Å². The Kier molecular flexibility index (Phi) is 19.7. The van der Waals surface area contributed by atoms with E-state index >= 15 is 0 Å². The third kappa shape index (κ3) is 13.6. The first-order valence-corrected chi connectivity index (χ1v) is 17.7. The molecule has 1 fully saturated rings. The number of aliphatic imine (C=N–C) groups is 1. The van der Waals surface area contributed by atoms with Crippen LogP contribution in [0.2, 0.25) is 0 Å². The van der Waals surface area contributed by atoms with Crippen LogP contribution < -0.4 is 20.9 Å². The SMILES string of the molecule is C=CC.C=CC1CC(/C=C/C2=NCC(=C)N2)CCC1NC(=C)/C(=C/C(=C)C(=C)NCc1ccc(CC=O)c(N(C)C)c1)N(CC)C(=C)C.CC. The fourth-order valence-corrected chi connectivity index (χ4v) is 5.86. The van der Waals surface area contributed by atoms with Gasteiger partial charge in [-0.25, -0.2) is 0 Å². The molecule has 1 aliphatic carbocycles. The van der Waals surface area contributed by atoms with E-state index in [-0.39, 0.29) is 6.04 Å². The fourth-order valence-electron chi connectivity index (χ4n) is 5.86. The van der Waals surface area contributed by atoms with Crippen molar-refractivity contribution in [1.29, 1.82) is 0 Å². The molecule has 0 bridgehead atoms. The number of nitrogens with zero attached hydrogens (tertiary/aromatic N) is 3. The van der Waals surface area contributed by atoms with Crippen molar-refractivity contribution in [2.75, 3.05) is 32.1 Å². The quantitative estimate of drug-likeness (QED) is 0.0869. The Balaban J connectivity index is 0.00000237. The van der Waals surface area contributed by atoms with Gasteiger partial charge in [0, 0.05) is 62.4 Å². The summed E-state index contributed by atoms with van der Waals surface area (Å²) in [6, 6.07) is 6.37. The summed E-state index contributed by atoms with van der Waals surface area (Å²) < 4.78 is 0. The highest BCUT2D eigenvalue weighted by Gasteiger charge is 2.29. The summed E-state index contributed by atoms with van der Waals surface area (Å²) in [5.74, 6) is 1.64. The molecule has 0 radical (unpaired) electrons. The minimum absolute atomic E-state index is 0.219. The molecule has 0 amide bonds. The number of rotatable bonds is 17. The van der Waals surface area contributed by atoms with Crippen LogP contribution >= 0.6 is 0 Å². The molecule has 3 unspecified atom stereocenters. The summed E-state index contributed by atoms with van der Waals surface area (Å²) in [5.41, 5.74) is 8.22. The van der Waals surface area contributed by atoms with Gasteiger partial charge in [0.1, 0.15) is 12.1 Å². The number of benzene rings is 1. The Morgan fingerprint density at radius 1 is 1.10 bits per heavy atom. The molecular weight excluding hydrogens is 617 g/mol. The lowest BCUT2D eigenvalue weighted by atomic mass is 9.77. The highest BCUT2D eigenvalue weighted by molar-refractivity contribution is 5.95. The van der Waals surface area contributed by atoms with Crippen LogP contribution in [-0.4, -0.2) is 50.2 Å². The first-order chi connectivity index (χ1) is 23.9. The monoisotopic (exact) mass is 681 g/mol. The van der Waals surface area contributed by atoms with Crippen LogP contribution in [-0.2, 0) is 17.8 Å². The maximum atomic E-state index is 11.1. The van der Waals surface area contributed by atoms with E-state index in [9.17, 15) is 4.79 Å². The number of amidine groups is 1. The van der Waals surface area contributed by atoms with E-state index in [0.29, 0.717) is 31.3 Å². The fraction of sp³-hybridized carbons (Fsp3) is 0.395. The molecule has 3 N–H and O–H groups in total. The Bertz CT molecular complexity index is 1460. The minimum atomic E-state index is 0.219. The Morgan fingerprint density at radius 2 is 1.78 bits per heavy atom. The second-order valence-electron chi connectivity index (χ2n) is 12.5. The molecule has 0 spiro atoms. The lowest BCUT2D eigenvalue weighted by Gasteiger charge is -2.37. The summed E-state index contributed by atoms with van der Waals surface area (Å²) in [6.07, 6.45) is 14.6. The van der Waals surface area contributed by atoms with Crippen LogP contribution in [0.1, 0.15) is 65.0 Å². The molecule has 1 saturated carbocycles. The molecule has 2 aliphatic rings. The van der Waals surface area contributed by atoms with Crippen LogP contribution in [0.4, 0.5) is 5.69 Å². The number of carbonyl (C=O) groups is 1. The summed E-state index contributed by atoms with van der Waals surface area (Å²) in [5, 5.41) is 10.4. The van der Waals surface area contributed by atoms with Crippen molar-refractivity contribution in [3.05, 3.63) is 140 Å². The van der Waals surface area contributed by atoms with Crippen molar-refractivity contribution < 1.29 is 4.79 Å². The molecule has 7 nitrogen and oxygen atoms in total. The van der Waals surface area contributed by atoms with Gasteiger partial charge < -0.3 is 30.5 Å². The van der Waals surface area contributed by atoms with E-state index in [1.54, 1.807) is 6.08 Å². The van der Waals surface area contributed by atoms with E-state index in [0.717, 1.165) is 88.8 Å². The number of nitrogens with one attached hydrogen (secondary N) is 3. The number of carbonyl (C=O) groups excluding carboxylic acids is 1. The van der Waals surface area contributed by atoms with Gasteiger partial charge in [0.05, 0.1) is 17.9 Å². The molecule has 3 atom stereocenters. The predicted molar refractivity (Wildman–Crippen MR) is 219 cm³/mol. The predicted octanol–water partition coefficient (Wildman–Crippen LogP) is 8.76. The van der Waals surface area contributed by atoms with Gasteiger partial charge in [-0.15, -0.1) is 13.2 Å². The van der Waals surface area contributed by atoms with Crippen LogP contribution in [0.25, 0.3) is 0 Å². The molecule has 7 heteroatoms. The Labute approximate surface area is 304 Å². The third-order valence-electron chi connectivity index (χ3n) is 8.39. The molecule has 1 aromatic rings. The maximum Gasteiger partial charge on any atom is 0.125 e. The lowest BCUT2D eigenvalue weighted by Crippen LogP contribution is -2.40. The van der Waals surface area contributed by atoms with Gasteiger partial charge in [0.2, 0.25) is 0 Å². The number of hydrogen-bond acceptors (Lipinski definition) is 7. The van der Waals surface area contributed by atoms with Gasteiger partial charge in [-0.3, -0.25) is 4.99 Å². The van der Waals surface area contributed by atoms with Gasteiger partial charge in [-0.1, -0.05) is 77.1 Å². The molecule has 0 aromatic heterocycles. The van der Waals surface area contributed by atoms with Crippen molar-refractivity contribution in [2.24, 2.45) is 16.8 Å². The van der Waals surface area contributed by atoms with Crippen LogP contribution in [0, 0.1) is 11.8 Å². The highest BCUT2D eigenvalue weighted by atomic mass is 16.1. The third-order valence-corrected chi connectivity index (χ3v) is 8.39. The standard InChI is InChI=1S/C38H52N6O.C3H6.C2H6/c1-11-33-22-31(15-18-38-40-24-28(6)41-38)14-17-35(33)42-30(8)36(44(12-2)26(3)4)21-27(5)29(7)39-25-32-13-16-34(19-20-45)37(23-32)43(9)10;1-3-2;1-2/h11,13,15-16,18,20-21,23,31,33,35,39,42H,1,3,5-8,12,14,17,19,22,24-25H2,2,4,9-10H3,(H,40,41);3H,1H2,2H3;1-2H3/b18-15+,36-21-;;. The van der Waals surface area contributed by atoms with E-state index in [1.165, 1.54) is 0 Å². The minimum Gasteiger partial charge on any atom is -0.381 e. The lowest BCUT2D eigenvalue weighted by molar-refractivity contribution is -0.107. The second-order valence-corrected chi connectivity index (χ2v) is 12.5. The molecular formula is C43H64N6O. The molecule has 1 aliphatic heterocycles. The number of likely N-dealkylation sites (N-methyl/N-ethyl adjacent to an activating group) is 1. The van der Waals surface area contributed by atoms with Crippen LogP contribution in [0.15, 0.2) is 134 Å². The number of aldehydes is 1. The van der Waals surface area contributed by atoms with Gasteiger partial charge in [-0.05, 0) is 86.8 Å². The van der Waals surface area contributed by atoms with E-state index < -0.39 is 0 Å². The first kappa shape index (κ1) is 43.2. The largest absolute Gasteiger partial charge is 0.381 e. The average molecular weight is 681 g/mol. The van der Waals surface area contributed by atoms with Crippen molar-refractivity contribution >= 4 is 17.8 Å². The Hall–Kier alpha value is -4.78. The summed E-state index contributed by atoms with van der Waals surface area (Å²) in [6.45, 7) is 40.7. The van der Waals surface area contributed by atoms with Gasteiger partial charge >= 0.3 is 0 Å². The molecule has 1 aromatic carbocycles. The zero-order valence-corrected chi connectivity index (χ0v) is 32.1. The summed E-state index contributed by atoms with van der Waals surface area (Å²) >= 11 is 0. The van der Waals surface area contributed by atoms with Crippen LogP contribution in [0.5, 0.6) is 0 Å². The summed E-state index contributed by atoms with van der Waals surface area (Å²) in [4.78, 5) is 19.7. The van der Waals surface area contributed by atoms with Crippen molar-refractivity contribution in [3.63, 3.8) is 0 Å². The molecule has 50 heavy (non-hydrogen) atoms. The van der Waals surface area contributed by atoms with Crippen molar-refractivity contribution in [2.45, 2.75) is 72.9 Å². The normalized spacial score (nSPS) is 18.1. The van der Waals surface area contributed by atoms with Gasteiger partial charge in [-0.2, -0.15) is 0 Å². The van der Waals surface area contributed by atoms with E-state index in [1.807, 2.05) is 64.9 Å².